The Bertz CT molecular complexity index is 1330. The summed E-state index contributed by atoms with van der Waals surface area (Å²) in [5, 5.41) is 3.72. The number of alkyl halides is 3. The highest BCUT2D eigenvalue weighted by atomic mass is 35.6. The third-order valence-corrected chi connectivity index (χ3v) is 6.44. The lowest BCUT2D eigenvalue weighted by atomic mass is 9.98. The van der Waals surface area contributed by atoms with E-state index in [2.05, 4.69) is 5.16 Å². The fourth-order valence-electron chi connectivity index (χ4n) is 4.19. The second-order valence-electron chi connectivity index (χ2n) is 9.02. The summed E-state index contributed by atoms with van der Waals surface area (Å²) in [6.45, 7) is 0.727. The second kappa shape index (κ2) is 13.0. The first-order valence-corrected chi connectivity index (χ1v) is 13.3. The zero-order chi connectivity index (χ0) is 29.7. The molecule has 0 unspecified atom stereocenters. The Hall–Kier alpha value is -3.55. The van der Waals surface area contributed by atoms with Gasteiger partial charge in [-0.15, -0.1) is 0 Å². The third-order valence-electron chi connectivity index (χ3n) is 6.11. The van der Waals surface area contributed by atoms with Crippen molar-refractivity contribution in [3.63, 3.8) is 0 Å². The molecule has 1 fully saturated rings. The highest BCUT2D eigenvalue weighted by Crippen LogP contribution is 2.31. The number of ether oxygens (including phenoxy) is 3. The van der Waals surface area contributed by atoms with Crippen LogP contribution in [0.1, 0.15) is 18.9 Å². The number of carbonyl (C=O) groups is 4. The van der Waals surface area contributed by atoms with Gasteiger partial charge in [0.2, 0.25) is 3.79 Å². The standard InChI is InChI=1S/C25H24Cl3FN4O8/c1-15(34)38-13-22(35)31-7-4-16(5-8-31)19-3-2-17(10-20(19)29)32-11-18(41-24(32)37)12-33(21-6-9-40-30-21)23(36)39-14-25(26,27)28/h2-4,6,9-10,18H,5,7-8,11-14H2,1H3/t18-/m1/s1. The Kier molecular flexibility index (Phi) is 9.61. The molecule has 3 amide bonds. The summed E-state index contributed by atoms with van der Waals surface area (Å²) < 4.78 is 33.3. The van der Waals surface area contributed by atoms with Gasteiger partial charge in [-0.05, 0) is 30.2 Å². The molecular formula is C25H24Cl3FN4O8. The molecule has 0 N–H and O–H groups in total. The number of anilines is 2. The molecule has 3 heterocycles. The zero-order valence-electron chi connectivity index (χ0n) is 21.6. The maximum Gasteiger partial charge on any atom is 0.415 e. The Morgan fingerprint density at radius 2 is 2.00 bits per heavy atom. The minimum Gasteiger partial charge on any atom is -0.456 e. The predicted molar refractivity (Wildman–Crippen MR) is 145 cm³/mol. The van der Waals surface area contributed by atoms with E-state index >= 15 is 4.39 Å². The SMILES string of the molecule is CC(=O)OCC(=O)N1CC=C(c2ccc(N3C[C@H](CN(C(=O)OCC(Cl)(Cl)Cl)c4ccon4)OC3=O)cc2F)CC1. The molecule has 41 heavy (non-hydrogen) atoms. The highest BCUT2D eigenvalue weighted by Gasteiger charge is 2.37. The summed E-state index contributed by atoms with van der Waals surface area (Å²) in [7, 11) is 0. The molecule has 2 aromatic rings. The Labute approximate surface area is 248 Å². The van der Waals surface area contributed by atoms with Crippen LogP contribution in [0.25, 0.3) is 5.57 Å². The maximum atomic E-state index is 15.2. The number of cyclic esters (lactones) is 1. The topological polar surface area (TPSA) is 132 Å². The summed E-state index contributed by atoms with van der Waals surface area (Å²) in [6.07, 6.45) is 0.870. The van der Waals surface area contributed by atoms with Crippen molar-refractivity contribution in [1.29, 1.82) is 0 Å². The number of halogens is 4. The number of hydrogen-bond acceptors (Lipinski definition) is 9. The van der Waals surface area contributed by atoms with Crippen LogP contribution in [-0.2, 0) is 23.8 Å². The molecule has 0 bridgehead atoms. The molecule has 1 aromatic carbocycles. The van der Waals surface area contributed by atoms with Crippen LogP contribution in [0.2, 0.25) is 0 Å². The van der Waals surface area contributed by atoms with E-state index in [-0.39, 0.29) is 43.7 Å². The van der Waals surface area contributed by atoms with Gasteiger partial charge < -0.3 is 23.6 Å². The fourth-order valence-corrected chi connectivity index (χ4v) is 4.35. The molecule has 2 aliphatic rings. The summed E-state index contributed by atoms with van der Waals surface area (Å²) in [5.74, 6) is -1.37. The van der Waals surface area contributed by atoms with Gasteiger partial charge in [0.1, 0.15) is 24.8 Å². The predicted octanol–water partition coefficient (Wildman–Crippen LogP) is 4.33. The van der Waals surface area contributed by atoms with Crippen molar-refractivity contribution in [3.8, 4) is 0 Å². The summed E-state index contributed by atoms with van der Waals surface area (Å²) >= 11 is 17.0. The van der Waals surface area contributed by atoms with Crippen LogP contribution in [0.3, 0.4) is 0 Å². The average Bonchev–Trinajstić information content (AvgIpc) is 3.58. The number of esters is 1. The van der Waals surface area contributed by atoms with Crippen LogP contribution in [0, 0.1) is 5.82 Å². The number of amides is 3. The van der Waals surface area contributed by atoms with Crippen LogP contribution in [0.5, 0.6) is 0 Å². The van der Waals surface area contributed by atoms with Gasteiger partial charge in [-0.3, -0.25) is 19.4 Å². The van der Waals surface area contributed by atoms with Crippen molar-refractivity contribution in [2.45, 2.75) is 23.2 Å². The molecule has 2 aliphatic heterocycles. The van der Waals surface area contributed by atoms with Gasteiger partial charge in [-0.25, -0.2) is 14.0 Å². The third kappa shape index (κ3) is 8.02. The van der Waals surface area contributed by atoms with Crippen LogP contribution in [0.15, 0.2) is 41.1 Å². The number of rotatable bonds is 8. The van der Waals surface area contributed by atoms with E-state index in [0.29, 0.717) is 24.1 Å². The van der Waals surface area contributed by atoms with Gasteiger partial charge in [0.05, 0.1) is 18.8 Å². The molecule has 220 valence electrons. The zero-order valence-corrected chi connectivity index (χ0v) is 23.8. The maximum absolute atomic E-state index is 15.2. The molecular weight excluding hydrogens is 610 g/mol. The smallest absolute Gasteiger partial charge is 0.415 e. The Balaban J connectivity index is 1.40. The first-order valence-electron chi connectivity index (χ1n) is 12.2. The Morgan fingerprint density at radius 1 is 1.22 bits per heavy atom. The lowest BCUT2D eigenvalue weighted by Crippen LogP contribution is -2.40. The number of benzene rings is 1. The van der Waals surface area contributed by atoms with E-state index < -0.39 is 40.5 Å². The van der Waals surface area contributed by atoms with E-state index in [1.807, 2.05) is 0 Å². The first-order chi connectivity index (χ1) is 19.4. The normalized spacial score (nSPS) is 17.1. The van der Waals surface area contributed by atoms with E-state index in [1.165, 1.54) is 35.1 Å². The van der Waals surface area contributed by atoms with E-state index in [1.54, 1.807) is 18.2 Å². The second-order valence-corrected chi connectivity index (χ2v) is 11.5. The molecule has 4 rings (SSSR count). The molecule has 16 heteroatoms. The molecule has 1 atom stereocenters. The number of carbonyl (C=O) groups excluding carboxylic acids is 4. The van der Waals surface area contributed by atoms with Crippen molar-refractivity contribution >= 4 is 75.9 Å². The summed E-state index contributed by atoms with van der Waals surface area (Å²) in [4.78, 5) is 52.2. The van der Waals surface area contributed by atoms with Crippen LogP contribution in [-0.4, -0.2) is 83.4 Å². The van der Waals surface area contributed by atoms with E-state index in [0.717, 1.165) is 4.90 Å². The Morgan fingerprint density at radius 3 is 2.61 bits per heavy atom. The first kappa shape index (κ1) is 30.4. The number of nitrogens with zero attached hydrogens (tertiary/aromatic N) is 4. The van der Waals surface area contributed by atoms with Crippen LogP contribution >= 0.6 is 34.8 Å². The number of hydrogen-bond donors (Lipinski definition) is 0. The average molecular weight is 634 g/mol. The summed E-state index contributed by atoms with van der Waals surface area (Å²) in [6, 6.07) is 5.73. The monoisotopic (exact) mass is 632 g/mol. The van der Waals surface area contributed by atoms with E-state index in [9.17, 15) is 19.2 Å². The molecule has 0 aliphatic carbocycles. The van der Waals surface area contributed by atoms with Crippen molar-refractivity contribution < 1.29 is 42.3 Å². The van der Waals surface area contributed by atoms with Crippen LogP contribution in [0.4, 0.5) is 25.5 Å². The van der Waals surface area contributed by atoms with Gasteiger partial charge in [0.25, 0.3) is 5.91 Å². The summed E-state index contributed by atoms with van der Waals surface area (Å²) in [5.41, 5.74) is 1.28. The molecule has 0 spiro atoms. The van der Waals surface area contributed by atoms with Gasteiger partial charge in [0, 0.05) is 31.6 Å². The van der Waals surface area contributed by atoms with Gasteiger partial charge in [0.15, 0.2) is 12.4 Å². The van der Waals surface area contributed by atoms with Crippen molar-refractivity contribution in [3.05, 3.63) is 48.0 Å². The van der Waals surface area contributed by atoms with Crippen molar-refractivity contribution in [1.82, 2.24) is 10.1 Å². The fraction of sp³-hybridized carbons (Fsp3) is 0.400. The number of aromatic nitrogens is 1. The molecule has 1 saturated heterocycles. The molecule has 12 nitrogen and oxygen atoms in total. The van der Waals surface area contributed by atoms with Gasteiger partial charge >= 0.3 is 18.2 Å². The largest absolute Gasteiger partial charge is 0.456 e. The molecule has 0 saturated carbocycles. The lowest BCUT2D eigenvalue weighted by Gasteiger charge is -2.26. The van der Waals surface area contributed by atoms with Crippen molar-refractivity contribution in [2.24, 2.45) is 0 Å². The van der Waals surface area contributed by atoms with Crippen molar-refractivity contribution in [2.75, 3.05) is 49.2 Å². The molecule has 1 aromatic heterocycles. The minimum atomic E-state index is -1.84. The lowest BCUT2D eigenvalue weighted by molar-refractivity contribution is -0.150. The minimum absolute atomic E-state index is 0.00813. The quantitative estimate of drug-likeness (QED) is 0.237. The highest BCUT2D eigenvalue weighted by molar-refractivity contribution is 6.67. The van der Waals surface area contributed by atoms with Crippen LogP contribution < -0.4 is 9.80 Å². The molecule has 0 radical (unpaired) electrons. The van der Waals surface area contributed by atoms with E-state index in [4.69, 9.17) is 53.5 Å². The van der Waals surface area contributed by atoms with Gasteiger partial charge in [-0.1, -0.05) is 46.0 Å². The van der Waals surface area contributed by atoms with Gasteiger partial charge in [-0.2, -0.15) is 0 Å².